The maximum absolute atomic E-state index is 13.0. The van der Waals surface area contributed by atoms with Crippen molar-refractivity contribution in [3.8, 4) is 5.75 Å². The first kappa shape index (κ1) is 21.2. The summed E-state index contributed by atoms with van der Waals surface area (Å²) >= 11 is 1.44. The maximum atomic E-state index is 13.0. The van der Waals surface area contributed by atoms with Gasteiger partial charge in [-0.1, -0.05) is 53.7 Å². The molecule has 1 unspecified atom stereocenters. The number of aromatic amines is 1. The molecule has 31 heavy (non-hydrogen) atoms. The van der Waals surface area contributed by atoms with E-state index >= 15 is 0 Å². The van der Waals surface area contributed by atoms with E-state index in [1.165, 1.54) is 17.3 Å². The summed E-state index contributed by atoms with van der Waals surface area (Å²) in [7, 11) is 0. The number of aromatic nitrogens is 2. The molecular weight excluding hydrogens is 410 g/mol. The zero-order chi connectivity index (χ0) is 22.0. The number of nitrogens with zero attached hydrogens (tertiary/aromatic N) is 1. The van der Waals surface area contributed by atoms with E-state index in [4.69, 9.17) is 4.74 Å². The summed E-state index contributed by atoms with van der Waals surface area (Å²) < 4.78 is 5.69. The minimum atomic E-state index is -0.344. The third kappa shape index (κ3) is 4.99. The molecule has 0 spiro atoms. The molecule has 1 aliphatic heterocycles. The number of benzene rings is 2. The highest BCUT2D eigenvalue weighted by molar-refractivity contribution is 7.98. The van der Waals surface area contributed by atoms with Crippen molar-refractivity contribution in [2.24, 2.45) is 0 Å². The Morgan fingerprint density at radius 2 is 1.94 bits per heavy atom. The van der Waals surface area contributed by atoms with Gasteiger partial charge in [-0.3, -0.25) is 9.59 Å². The van der Waals surface area contributed by atoms with Gasteiger partial charge in [-0.2, -0.15) is 0 Å². The van der Waals surface area contributed by atoms with Gasteiger partial charge >= 0.3 is 0 Å². The molecule has 0 fully saturated rings. The molecule has 2 heterocycles. The number of aryl methyl sites for hydroxylation is 1. The SMILES string of the molecule is Cc1cccc(CSc2nc3c(c(=O)[nH]2)C(c2ccc(OC(C)C)cc2)CC(=O)N3)c1. The van der Waals surface area contributed by atoms with E-state index in [2.05, 4.69) is 21.4 Å². The minimum absolute atomic E-state index is 0.0785. The molecule has 0 radical (unpaired) electrons. The third-order valence-corrected chi connectivity index (χ3v) is 5.99. The van der Waals surface area contributed by atoms with Crippen LogP contribution >= 0.6 is 11.8 Å². The molecule has 1 aromatic heterocycles. The fraction of sp³-hybridized carbons (Fsp3) is 0.292. The Balaban J connectivity index is 1.60. The second-order valence-corrected chi connectivity index (χ2v) is 8.92. The van der Waals surface area contributed by atoms with Crippen LogP contribution in [0.15, 0.2) is 58.5 Å². The molecule has 1 amide bonds. The zero-order valence-electron chi connectivity index (χ0n) is 17.8. The Bertz CT molecular complexity index is 1160. The van der Waals surface area contributed by atoms with Gasteiger partial charge in [0.15, 0.2) is 5.16 Å². The maximum Gasteiger partial charge on any atom is 0.257 e. The zero-order valence-corrected chi connectivity index (χ0v) is 18.6. The van der Waals surface area contributed by atoms with Gasteiger partial charge in [-0.15, -0.1) is 0 Å². The van der Waals surface area contributed by atoms with Crippen LogP contribution in [-0.2, 0) is 10.5 Å². The van der Waals surface area contributed by atoms with Crippen LogP contribution in [0.1, 0.15) is 48.4 Å². The molecule has 1 atom stereocenters. The summed E-state index contributed by atoms with van der Waals surface area (Å²) in [6, 6.07) is 15.8. The number of H-pyrrole nitrogens is 1. The largest absolute Gasteiger partial charge is 0.491 e. The summed E-state index contributed by atoms with van der Waals surface area (Å²) in [6.07, 6.45) is 0.285. The summed E-state index contributed by atoms with van der Waals surface area (Å²) in [5, 5.41) is 3.27. The van der Waals surface area contributed by atoms with Crippen molar-refractivity contribution < 1.29 is 9.53 Å². The number of rotatable bonds is 6. The van der Waals surface area contributed by atoms with Crippen LogP contribution in [0.25, 0.3) is 0 Å². The van der Waals surface area contributed by atoms with Crippen molar-refractivity contribution in [3.05, 3.63) is 81.1 Å². The van der Waals surface area contributed by atoms with Gasteiger partial charge in [-0.25, -0.2) is 4.98 Å². The summed E-state index contributed by atoms with van der Waals surface area (Å²) in [5.41, 5.74) is 3.50. The molecule has 0 aliphatic carbocycles. The fourth-order valence-electron chi connectivity index (χ4n) is 3.71. The smallest absolute Gasteiger partial charge is 0.257 e. The number of hydrogen-bond donors (Lipinski definition) is 2. The number of carbonyl (C=O) groups is 1. The Hall–Kier alpha value is -3.06. The molecule has 6 nitrogen and oxygen atoms in total. The monoisotopic (exact) mass is 435 g/mol. The molecule has 0 saturated carbocycles. The van der Waals surface area contributed by atoms with Crippen LogP contribution < -0.4 is 15.6 Å². The first-order chi connectivity index (χ1) is 14.9. The van der Waals surface area contributed by atoms with E-state index < -0.39 is 0 Å². The molecular formula is C24H25N3O3S. The molecule has 7 heteroatoms. The van der Waals surface area contributed by atoms with Crippen molar-refractivity contribution in [1.82, 2.24) is 9.97 Å². The highest BCUT2D eigenvalue weighted by atomic mass is 32.2. The average molecular weight is 436 g/mol. The van der Waals surface area contributed by atoms with Gasteiger partial charge in [0.2, 0.25) is 5.91 Å². The lowest BCUT2D eigenvalue weighted by atomic mass is 9.87. The first-order valence-electron chi connectivity index (χ1n) is 10.3. The standard InChI is InChI=1S/C24H25N3O3S/c1-14(2)30-18-9-7-17(8-10-18)19-12-20(28)25-22-21(19)23(29)27-24(26-22)31-13-16-6-4-5-15(3)11-16/h4-11,14,19H,12-13H2,1-3H3,(H2,25,26,27,28,29). The van der Waals surface area contributed by atoms with Crippen molar-refractivity contribution in [1.29, 1.82) is 0 Å². The predicted octanol–water partition coefficient (Wildman–Crippen LogP) is 4.63. The molecule has 2 aromatic carbocycles. The van der Waals surface area contributed by atoms with Crippen LogP contribution in [0.2, 0.25) is 0 Å². The highest BCUT2D eigenvalue weighted by Gasteiger charge is 2.31. The first-order valence-corrected chi connectivity index (χ1v) is 11.3. The second kappa shape index (κ2) is 8.98. The predicted molar refractivity (Wildman–Crippen MR) is 123 cm³/mol. The number of hydrogen-bond acceptors (Lipinski definition) is 5. The molecule has 1 aliphatic rings. The van der Waals surface area contributed by atoms with E-state index in [9.17, 15) is 9.59 Å². The van der Waals surface area contributed by atoms with Gasteiger partial charge in [0.05, 0.1) is 11.7 Å². The Morgan fingerprint density at radius 1 is 1.16 bits per heavy atom. The molecule has 160 valence electrons. The number of carbonyl (C=O) groups excluding carboxylic acids is 1. The summed E-state index contributed by atoms with van der Waals surface area (Å²) in [4.78, 5) is 32.8. The van der Waals surface area contributed by atoms with Crippen LogP contribution in [0.5, 0.6) is 5.75 Å². The van der Waals surface area contributed by atoms with Gasteiger partial charge in [0, 0.05) is 18.1 Å². The topological polar surface area (TPSA) is 84.1 Å². The van der Waals surface area contributed by atoms with Gasteiger partial charge in [0.1, 0.15) is 11.6 Å². The Labute approximate surface area is 185 Å². The Kier molecular flexibility index (Phi) is 6.13. The molecule has 0 saturated heterocycles. The number of anilines is 1. The lowest BCUT2D eigenvalue weighted by Gasteiger charge is -2.24. The number of ether oxygens (including phenoxy) is 1. The van der Waals surface area contributed by atoms with E-state index in [-0.39, 0.29) is 29.9 Å². The molecule has 3 aromatic rings. The van der Waals surface area contributed by atoms with Crippen LogP contribution in [-0.4, -0.2) is 22.0 Å². The van der Waals surface area contributed by atoms with Crippen molar-refractivity contribution in [2.45, 2.75) is 50.1 Å². The lowest BCUT2D eigenvalue weighted by Crippen LogP contribution is -2.31. The normalized spacial score (nSPS) is 15.5. The van der Waals surface area contributed by atoms with Crippen LogP contribution in [0.4, 0.5) is 5.82 Å². The summed E-state index contributed by atoms with van der Waals surface area (Å²) in [6.45, 7) is 5.98. The van der Waals surface area contributed by atoms with E-state index in [1.54, 1.807) is 0 Å². The van der Waals surface area contributed by atoms with E-state index in [1.807, 2.05) is 63.2 Å². The molecule has 2 N–H and O–H groups in total. The fourth-order valence-corrected chi connectivity index (χ4v) is 4.51. The van der Waals surface area contributed by atoms with Gasteiger partial charge < -0.3 is 15.0 Å². The third-order valence-electron chi connectivity index (χ3n) is 5.04. The number of fused-ring (bicyclic) bond motifs is 1. The van der Waals surface area contributed by atoms with Crippen LogP contribution in [0.3, 0.4) is 0 Å². The second-order valence-electron chi connectivity index (χ2n) is 7.95. The summed E-state index contributed by atoms with van der Waals surface area (Å²) in [5.74, 6) is 1.29. The van der Waals surface area contributed by atoms with Crippen molar-refractivity contribution in [3.63, 3.8) is 0 Å². The molecule has 0 bridgehead atoms. The van der Waals surface area contributed by atoms with Crippen molar-refractivity contribution in [2.75, 3.05) is 5.32 Å². The highest BCUT2D eigenvalue weighted by Crippen LogP contribution is 2.35. The number of nitrogens with one attached hydrogen (secondary N) is 2. The number of thioether (sulfide) groups is 1. The van der Waals surface area contributed by atoms with E-state index in [0.29, 0.717) is 22.3 Å². The minimum Gasteiger partial charge on any atom is -0.491 e. The average Bonchev–Trinajstić information content (AvgIpc) is 2.71. The lowest BCUT2D eigenvalue weighted by molar-refractivity contribution is -0.116. The van der Waals surface area contributed by atoms with Gasteiger partial charge in [0.25, 0.3) is 5.56 Å². The van der Waals surface area contributed by atoms with Crippen molar-refractivity contribution >= 4 is 23.5 Å². The quantitative estimate of drug-likeness (QED) is 0.436. The Morgan fingerprint density at radius 3 is 2.65 bits per heavy atom. The van der Waals surface area contributed by atoms with Gasteiger partial charge in [-0.05, 0) is 44.0 Å². The van der Waals surface area contributed by atoms with Crippen LogP contribution in [0, 0.1) is 6.92 Å². The number of amides is 1. The molecule has 4 rings (SSSR count). The van der Waals surface area contributed by atoms with E-state index in [0.717, 1.165) is 16.9 Å².